The Kier molecular flexibility index (Phi) is 5.74. The summed E-state index contributed by atoms with van der Waals surface area (Å²) in [7, 11) is -3.33. The Hall–Kier alpha value is -2.19. The van der Waals surface area contributed by atoms with Crippen molar-refractivity contribution in [3.63, 3.8) is 0 Å². The van der Waals surface area contributed by atoms with Crippen LogP contribution in [0.25, 0.3) is 0 Å². The lowest BCUT2D eigenvalue weighted by Gasteiger charge is -2.34. The minimum atomic E-state index is -3.33. The van der Waals surface area contributed by atoms with Crippen LogP contribution >= 0.6 is 0 Å². The first kappa shape index (κ1) is 20.1. The van der Waals surface area contributed by atoms with Gasteiger partial charge in [0.15, 0.2) is 0 Å². The quantitative estimate of drug-likeness (QED) is 0.747. The fourth-order valence-electron chi connectivity index (χ4n) is 4.06. The van der Waals surface area contributed by atoms with Gasteiger partial charge in [0, 0.05) is 51.0 Å². The van der Waals surface area contributed by atoms with Crippen molar-refractivity contribution in [2.45, 2.75) is 32.4 Å². The average molecular weight is 416 g/mol. The van der Waals surface area contributed by atoms with Crippen molar-refractivity contribution in [2.75, 3.05) is 49.1 Å². The Bertz CT molecular complexity index is 965. The van der Waals surface area contributed by atoms with Gasteiger partial charge >= 0.3 is 0 Å². The molecule has 2 aromatic rings. The predicted octanol–water partition coefficient (Wildman–Crippen LogP) is 2.35. The molecule has 0 atom stereocenters. The first-order valence-corrected chi connectivity index (χ1v) is 11.9. The molecule has 4 rings (SSSR count). The van der Waals surface area contributed by atoms with Gasteiger partial charge in [-0.1, -0.05) is 29.8 Å². The minimum absolute atomic E-state index is 0.0503. The topological polar surface area (TPSA) is 69.6 Å². The van der Waals surface area contributed by atoms with E-state index in [0.717, 1.165) is 35.7 Å². The lowest BCUT2D eigenvalue weighted by molar-refractivity contribution is 0.382. The minimum Gasteiger partial charge on any atom is -0.356 e. The zero-order chi connectivity index (χ0) is 20.4. The number of nitrogens with zero attached hydrogens (tertiary/aromatic N) is 5. The molecule has 8 heteroatoms. The summed E-state index contributed by atoms with van der Waals surface area (Å²) in [6, 6.07) is 9.74. The molecule has 0 amide bonds. The summed E-state index contributed by atoms with van der Waals surface area (Å²) in [5.74, 6) is 1.75. The highest BCUT2D eigenvalue weighted by Crippen LogP contribution is 2.23. The molecule has 1 aromatic heterocycles. The Balaban J connectivity index is 1.42. The van der Waals surface area contributed by atoms with Crippen LogP contribution in [0.5, 0.6) is 0 Å². The van der Waals surface area contributed by atoms with E-state index in [-0.39, 0.29) is 5.75 Å². The monoisotopic (exact) mass is 415 g/mol. The predicted molar refractivity (Wildman–Crippen MR) is 116 cm³/mol. The summed E-state index contributed by atoms with van der Waals surface area (Å²) in [6.45, 7) is 8.20. The van der Waals surface area contributed by atoms with Crippen LogP contribution in [-0.2, 0) is 15.8 Å². The number of aryl methyl sites for hydroxylation is 2. The number of hydrogen-bond donors (Lipinski definition) is 0. The molecule has 2 saturated heterocycles. The molecule has 2 fully saturated rings. The summed E-state index contributed by atoms with van der Waals surface area (Å²) in [5, 5.41) is 0. The van der Waals surface area contributed by atoms with Crippen molar-refractivity contribution in [3.8, 4) is 0 Å². The van der Waals surface area contributed by atoms with Gasteiger partial charge in [0.1, 0.15) is 5.82 Å². The number of piperazine rings is 1. The maximum Gasteiger partial charge on any atom is 0.227 e. The molecule has 2 aliphatic rings. The maximum atomic E-state index is 12.9. The van der Waals surface area contributed by atoms with Gasteiger partial charge < -0.3 is 9.80 Å². The standard InChI is InChI=1S/C21H29N5O2S/c1-17-6-5-7-19(14-17)16-29(27,28)26-12-10-25(11-13-26)21-22-18(2)15-20(23-21)24-8-3-4-9-24/h5-7,14-15H,3-4,8-13,16H2,1-2H3. The van der Waals surface area contributed by atoms with Crippen molar-refractivity contribution in [1.82, 2.24) is 14.3 Å². The van der Waals surface area contributed by atoms with E-state index in [2.05, 4.69) is 14.8 Å². The normalized spacial score (nSPS) is 18.4. The lowest BCUT2D eigenvalue weighted by atomic mass is 10.2. The molecular formula is C21H29N5O2S. The van der Waals surface area contributed by atoms with Crippen molar-refractivity contribution in [3.05, 3.63) is 47.2 Å². The number of rotatable bonds is 5. The third-order valence-corrected chi connectivity index (χ3v) is 7.46. The highest BCUT2D eigenvalue weighted by Gasteiger charge is 2.28. The molecule has 29 heavy (non-hydrogen) atoms. The molecule has 0 spiro atoms. The number of aromatic nitrogens is 2. The molecule has 156 valence electrons. The van der Waals surface area contributed by atoms with Crippen molar-refractivity contribution < 1.29 is 8.42 Å². The van der Waals surface area contributed by atoms with Crippen molar-refractivity contribution in [2.24, 2.45) is 0 Å². The van der Waals surface area contributed by atoms with Gasteiger partial charge in [0.2, 0.25) is 16.0 Å². The molecule has 0 unspecified atom stereocenters. The van der Waals surface area contributed by atoms with E-state index in [1.54, 1.807) is 4.31 Å². The highest BCUT2D eigenvalue weighted by molar-refractivity contribution is 7.88. The zero-order valence-corrected chi connectivity index (χ0v) is 18.0. The number of benzene rings is 1. The molecule has 3 heterocycles. The molecule has 0 N–H and O–H groups in total. The van der Waals surface area contributed by atoms with E-state index < -0.39 is 10.0 Å². The van der Waals surface area contributed by atoms with E-state index in [9.17, 15) is 8.42 Å². The van der Waals surface area contributed by atoms with Gasteiger partial charge in [-0.3, -0.25) is 0 Å². The molecule has 0 saturated carbocycles. The molecule has 0 radical (unpaired) electrons. The van der Waals surface area contributed by atoms with Gasteiger partial charge in [0.25, 0.3) is 0 Å². The van der Waals surface area contributed by atoms with Crippen LogP contribution in [0.2, 0.25) is 0 Å². The van der Waals surface area contributed by atoms with Crippen LogP contribution in [-0.4, -0.2) is 62.0 Å². The first-order valence-electron chi connectivity index (χ1n) is 10.3. The second kappa shape index (κ2) is 8.28. The molecule has 0 bridgehead atoms. The zero-order valence-electron chi connectivity index (χ0n) is 17.2. The van der Waals surface area contributed by atoms with Gasteiger partial charge in [-0.25, -0.2) is 13.4 Å². The van der Waals surface area contributed by atoms with E-state index in [1.165, 1.54) is 12.8 Å². The van der Waals surface area contributed by atoms with Gasteiger partial charge in [-0.05, 0) is 32.3 Å². The third-order valence-electron chi connectivity index (χ3n) is 5.61. The van der Waals surface area contributed by atoms with Crippen molar-refractivity contribution >= 4 is 21.8 Å². The summed E-state index contributed by atoms with van der Waals surface area (Å²) in [6.07, 6.45) is 2.41. The fraction of sp³-hybridized carbons (Fsp3) is 0.524. The van der Waals surface area contributed by atoms with Gasteiger partial charge in [-0.15, -0.1) is 0 Å². The van der Waals surface area contributed by atoms with E-state index >= 15 is 0 Å². The SMILES string of the molecule is Cc1cccc(CS(=O)(=O)N2CCN(c3nc(C)cc(N4CCCC4)n3)CC2)c1. The van der Waals surface area contributed by atoms with Crippen LogP contribution in [0.15, 0.2) is 30.3 Å². The molecule has 2 aliphatic heterocycles. The van der Waals surface area contributed by atoms with Crippen LogP contribution in [0.1, 0.15) is 29.7 Å². The lowest BCUT2D eigenvalue weighted by Crippen LogP contribution is -2.49. The largest absolute Gasteiger partial charge is 0.356 e. The Morgan fingerprint density at radius 1 is 0.897 bits per heavy atom. The number of anilines is 2. The molecule has 0 aliphatic carbocycles. The second-order valence-corrected chi connectivity index (χ2v) is 9.96. The summed E-state index contributed by atoms with van der Waals surface area (Å²) in [4.78, 5) is 13.8. The average Bonchev–Trinajstić information content (AvgIpc) is 3.22. The fourth-order valence-corrected chi connectivity index (χ4v) is 5.56. The summed E-state index contributed by atoms with van der Waals surface area (Å²) >= 11 is 0. The Labute approximate surface area is 173 Å². The molecule has 7 nitrogen and oxygen atoms in total. The maximum absolute atomic E-state index is 12.9. The first-order chi connectivity index (χ1) is 13.9. The van der Waals surface area contributed by atoms with Crippen LogP contribution < -0.4 is 9.80 Å². The number of sulfonamides is 1. The van der Waals surface area contributed by atoms with E-state index in [4.69, 9.17) is 4.98 Å². The second-order valence-electron chi connectivity index (χ2n) is 7.99. The number of hydrogen-bond acceptors (Lipinski definition) is 6. The molecular weight excluding hydrogens is 386 g/mol. The summed E-state index contributed by atoms with van der Waals surface area (Å²) in [5.41, 5.74) is 2.86. The van der Waals surface area contributed by atoms with E-state index in [1.807, 2.05) is 44.2 Å². The van der Waals surface area contributed by atoms with E-state index in [0.29, 0.717) is 32.1 Å². The van der Waals surface area contributed by atoms with Gasteiger partial charge in [-0.2, -0.15) is 9.29 Å². The van der Waals surface area contributed by atoms with Crippen LogP contribution in [0, 0.1) is 13.8 Å². The third kappa shape index (κ3) is 4.70. The van der Waals surface area contributed by atoms with Crippen LogP contribution in [0.4, 0.5) is 11.8 Å². The van der Waals surface area contributed by atoms with Crippen molar-refractivity contribution in [1.29, 1.82) is 0 Å². The van der Waals surface area contributed by atoms with Crippen LogP contribution in [0.3, 0.4) is 0 Å². The smallest absolute Gasteiger partial charge is 0.227 e. The highest BCUT2D eigenvalue weighted by atomic mass is 32.2. The summed E-state index contributed by atoms with van der Waals surface area (Å²) < 4.78 is 27.3. The Morgan fingerprint density at radius 3 is 2.31 bits per heavy atom. The van der Waals surface area contributed by atoms with Gasteiger partial charge in [0.05, 0.1) is 5.75 Å². The molecule has 1 aromatic carbocycles. The Morgan fingerprint density at radius 2 is 1.62 bits per heavy atom.